The van der Waals surface area contributed by atoms with E-state index in [4.69, 9.17) is 4.74 Å². The maximum atomic E-state index is 13.2. The second kappa shape index (κ2) is 7.40. The molecule has 1 saturated carbocycles. The number of aliphatic hydroxyl groups is 1. The monoisotopic (exact) mass is 406 g/mol. The molecule has 1 saturated heterocycles. The van der Waals surface area contributed by atoms with Crippen LogP contribution in [0.4, 0.5) is 0 Å². The van der Waals surface area contributed by atoms with E-state index in [-0.39, 0.29) is 11.9 Å². The number of carbonyl (C=O) groups is 1. The molecule has 0 unspecified atom stereocenters. The van der Waals surface area contributed by atoms with Crippen LogP contribution in [0.15, 0.2) is 42.9 Å². The zero-order valence-electron chi connectivity index (χ0n) is 17.2. The third-order valence-electron chi connectivity index (χ3n) is 6.69. The predicted molar refractivity (Wildman–Crippen MR) is 112 cm³/mol. The smallest absolute Gasteiger partial charge is 0.257 e. The van der Waals surface area contributed by atoms with Gasteiger partial charge >= 0.3 is 0 Å². The predicted octanol–water partition coefficient (Wildman–Crippen LogP) is 2.83. The number of imidazole rings is 1. The molecule has 2 fully saturated rings. The largest absolute Gasteiger partial charge is 0.494 e. The number of aromatic nitrogens is 3. The van der Waals surface area contributed by atoms with Crippen molar-refractivity contribution in [2.75, 3.05) is 20.2 Å². The average Bonchev–Trinajstić information content (AvgIpc) is 3.36. The Labute approximate surface area is 175 Å². The van der Waals surface area contributed by atoms with Crippen molar-refractivity contribution in [3.8, 4) is 5.75 Å². The van der Waals surface area contributed by atoms with E-state index in [2.05, 4.69) is 14.5 Å². The maximum absolute atomic E-state index is 13.2. The zero-order valence-corrected chi connectivity index (χ0v) is 17.2. The van der Waals surface area contributed by atoms with Crippen LogP contribution in [-0.2, 0) is 0 Å². The summed E-state index contributed by atoms with van der Waals surface area (Å²) in [5.74, 6) is 1.15. The van der Waals surface area contributed by atoms with Gasteiger partial charge in [0, 0.05) is 18.8 Å². The van der Waals surface area contributed by atoms with Crippen molar-refractivity contribution in [3.05, 3.63) is 54.1 Å². The van der Waals surface area contributed by atoms with E-state index >= 15 is 0 Å². The number of nitrogens with zero attached hydrogens (tertiary/aromatic N) is 4. The number of pyridine rings is 1. The van der Waals surface area contributed by atoms with Gasteiger partial charge in [-0.05, 0) is 49.8 Å². The first-order chi connectivity index (χ1) is 14.5. The van der Waals surface area contributed by atoms with Gasteiger partial charge in [-0.3, -0.25) is 9.78 Å². The second-order valence-electron chi connectivity index (χ2n) is 8.50. The van der Waals surface area contributed by atoms with Gasteiger partial charge in [0.05, 0.1) is 48.4 Å². The van der Waals surface area contributed by atoms with Crippen LogP contribution >= 0.6 is 0 Å². The summed E-state index contributed by atoms with van der Waals surface area (Å²) in [6.07, 6.45) is 4.52. The number of amides is 1. The summed E-state index contributed by atoms with van der Waals surface area (Å²) >= 11 is 0. The molecule has 1 aliphatic heterocycles. The molecule has 5 rings (SSSR count). The number of rotatable bonds is 3. The molecule has 2 aliphatic rings. The third kappa shape index (κ3) is 3.13. The quantitative estimate of drug-likeness (QED) is 0.723. The van der Waals surface area contributed by atoms with Crippen LogP contribution in [0.25, 0.3) is 11.0 Å². The van der Waals surface area contributed by atoms with E-state index in [1.165, 1.54) is 0 Å². The van der Waals surface area contributed by atoms with Crippen molar-refractivity contribution in [1.29, 1.82) is 0 Å². The lowest BCUT2D eigenvalue weighted by atomic mass is 9.77. The molecule has 0 radical (unpaired) electrons. The Morgan fingerprint density at radius 1 is 1.17 bits per heavy atom. The number of hydrogen-bond donors (Lipinski definition) is 1. The van der Waals surface area contributed by atoms with Crippen molar-refractivity contribution in [2.45, 2.75) is 31.9 Å². The summed E-state index contributed by atoms with van der Waals surface area (Å²) in [5, 5.41) is 10.9. The Morgan fingerprint density at radius 3 is 2.73 bits per heavy atom. The number of aryl methyl sites for hydroxylation is 1. The molecule has 3 heterocycles. The van der Waals surface area contributed by atoms with Gasteiger partial charge in [-0.2, -0.15) is 0 Å². The van der Waals surface area contributed by atoms with Crippen molar-refractivity contribution >= 4 is 16.9 Å². The van der Waals surface area contributed by atoms with Crippen LogP contribution in [0.2, 0.25) is 0 Å². The molecule has 0 spiro atoms. The lowest BCUT2D eigenvalue weighted by Crippen LogP contribution is -2.36. The highest BCUT2D eigenvalue weighted by molar-refractivity contribution is 5.97. The maximum Gasteiger partial charge on any atom is 0.257 e. The standard InChI is InChI=1S/C23H26N4O3/c1-14-7-17(22(30-2)10-24-14)23(29)26-11-15-8-20(21(28)9-16(15)12-26)27-13-25-18-5-3-4-6-19(18)27/h3-7,10,13,15-16,20-21,28H,8-9,11-12H2,1-2H3/t15-,16+,20-,21-/m1/s1. The summed E-state index contributed by atoms with van der Waals surface area (Å²) in [7, 11) is 1.56. The number of fused-ring (bicyclic) bond motifs is 2. The minimum Gasteiger partial charge on any atom is -0.494 e. The first kappa shape index (κ1) is 19.1. The molecule has 1 N–H and O–H groups in total. The highest BCUT2D eigenvalue weighted by Gasteiger charge is 2.44. The van der Waals surface area contributed by atoms with Gasteiger partial charge in [0.15, 0.2) is 0 Å². The fraction of sp³-hybridized carbons (Fsp3) is 0.435. The van der Waals surface area contributed by atoms with Crippen LogP contribution < -0.4 is 4.74 Å². The molecule has 1 amide bonds. The molecular formula is C23H26N4O3. The average molecular weight is 406 g/mol. The van der Waals surface area contributed by atoms with Gasteiger partial charge < -0.3 is 19.3 Å². The number of hydrogen-bond acceptors (Lipinski definition) is 5. The van der Waals surface area contributed by atoms with E-state index in [1.807, 2.05) is 42.4 Å². The SMILES string of the molecule is COc1cnc(C)cc1C(=O)N1C[C@H]2C[C@@H](n3cnc4ccccc43)[C@H](O)C[C@H]2C1. The molecule has 2 aromatic heterocycles. The minimum absolute atomic E-state index is 0.0218. The van der Waals surface area contributed by atoms with Gasteiger partial charge in [-0.15, -0.1) is 0 Å². The van der Waals surface area contributed by atoms with Crippen LogP contribution in [-0.4, -0.2) is 56.8 Å². The lowest BCUT2D eigenvalue weighted by molar-refractivity contribution is 0.0374. The summed E-state index contributed by atoms with van der Waals surface area (Å²) in [4.78, 5) is 23.9. The highest BCUT2D eigenvalue weighted by atomic mass is 16.5. The third-order valence-corrected chi connectivity index (χ3v) is 6.69. The van der Waals surface area contributed by atoms with E-state index in [0.717, 1.165) is 23.1 Å². The fourth-order valence-corrected chi connectivity index (χ4v) is 5.16. The summed E-state index contributed by atoms with van der Waals surface area (Å²) < 4.78 is 7.47. The number of ether oxygens (including phenoxy) is 1. The second-order valence-corrected chi connectivity index (χ2v) is 8.50. The zero-order chi connectivity index (χ0) is 20.8. The Balaban J connectivity index is 1.37. The van der Waals surface area contributed by atoms with Gasteiger partial charge in [-0.1, -0.05) is 12.1 Å². The van der Waals surface area contributed by atoms with Gasteiger partial charge in [0.1, 0.15) is 5.75 Å². The number of para-hydroxylation sites is 2. The van der Waals surface area contributed by atoms with Crippen molar-refractivity contribution in [1.82, 2.24) is 19.4 Å². The van der Waals surface area contributed by atoms with Crippen LogP contribution in [0, 0.1) is 18.8 Å². The Bertz CT molecular complexity index is 1090. The molecule has 3 aromatic rings. The molecule has 1 aliphatic carbocycles. The number of carbonyl (C=O) groups excluding carboxylic acids is 1. The molecule has 7 heteroatoms. The number of likely N-dealkylation sites (tertiary alicyclic amines) is 1. The van der Waals surface area contributed by atoms with Gasteiger partial charge in [0.2, 0.25) is 0 Å². The Hall–Kier alpha value is -2.93. The van der Waals surface area contributed by atoms with Crippen molar-refractivity contribution in [3.63, 3.8) is 0 Å². The number of aliphatic hydroxyl groups excluding tert-OH is 1. The lowest BCUT2D eigenvalue weighted by Gasteiger charge is -2.36. The van der Waals surface area contributed by atoms with Crippen LogP contribution in [0.5, 0.6) is 5.75 Å². The summed E-state index contributed by atoms with van der Waals surface area (Å²) in [5.41, 5.74) is 3.33. The van der Waals surface area contributed by atoms with Crippen LogP contribution in [0.1, 0.15) is 34.9 Å². The first-order valence-corrected chi connectivity index (χ1v) is 10.4. The van der Waals surface area contributed by atoms with Crippen molar-refractivity contribution < 1.29 is 14.6 Å². The summed E-state index contributed by atoms with van der Waals surface area (Å²) in [6, 6.07) is 9.78. The van der Waals surface area contributed by atoms with Gasteiger partial charge in [-0.25, -0.2) is 4.98 Å². The molecular weight excluding hydrogens is 380 g/mol. The fourth-order valence-electron chi connectivity index (χ4n) is 5.16. The van der Waals surface area contributed by atoms with E-state index in [0.29, 0.717) is 42.7 Å². The molecule has 30 heavy (non-hydrogen) atoms. The van der Waals surface area contributed by atoms with Gasteiger partial charge in [0.25, 0.3) is 5.91 Å². The molecule has 1 aromatic carbocycles. The number of methoxy groups -OCH3 is 1. The Morgan fingerprint density at radius 2 is 1.93 bits per heavy atom. The molecule has 0 bridgehead atoms. The summed E-state index contributed by atoms with van der Waals surface area (Å²) in [6.45, 7) is 3.24. The Kier molecular flexibility index (Phi) is 4.70. The molecule has 156 valence electrons. The highest BCUT2D eigenvalue weighted by Crippen LogP contribution is 2.42. The van der Waals surface area contributed by atoms with Crippen LogP contribution in [0.3, 0.4) is 0 Å². The van der Waals surface area contributed by atoms with E-state index in [1.54, 1.807) is 19.4 Å². The minimum atomic E-state index is -0.448. The molecule has 7 nitrogen and oxygen atoms in total. The molecule has 4 atom stereocenters. The van der Waals surface area contributed by atoms with Crippen molar-refractivity contribution in [2.24, 2.45) is 11.8 Å². The van der Waals surface area contributed by atoms with E-state index < -0.39 is 6.10 Å². The van der Waals surface area contributed by atoms with E-state index in [9.17, 15) is 9.90 Å². The normalized spacial score (nSPS) is 26.0. The topological polar surface area (TPSA) is 80.5 Å². The number of benzene rings is 1. The first-order valence-electron chi connectivity index (χ1n) is 10.4.